The van der Waals surface area contributed by atoms with Crippen molar-refractivity contribution in [2.75, 3.05) is 20.3 Å². The summed E-state index contributed by atoms with van der Waals surface area (Å²) < 4.78 is 6.16. The molecule has 1 aliphatic carbocycles. The van der Waals surface area contributed by atoms with Gasteiger partial charge < -0.3 is 20.3 Å². The number of hydrogen-bond acceptors (Lipinski definition) is 5. The normalized spacial score (nSPS) is 32.4. The molecular formula is C24H28N2O3. The molecular weight excluding hydrogens is 364 g/mol. The summed E-state index contributed by atoms with van der Waals surface area (Å²) >= 11 is 0. The summed E-state index contributed by atoms with van der Waals surface area (Å²) in [4.78, 5) is 4.80. The van der Waals surface area contributed by atoms with Crippen molar-refractivity contribution in [1.29, 1.82) is 0 Å². The number of aryl methyl sites for hydroxylation is 1. The number of fused-ring (bicyclic) bond motifs is 2. The van der Waals surface area contributed by atoms with Crippen LogP contribution in [0.1, 0.15) is 30.4 Å². The van der Waals surface area contributed by atoms with Crippen LogP contribution >= 0.6 is 0 Å². The van der Waals surface area contributed by atoms with Gasteiger partial charge in [-0.3, -0.25) is 0 Å². The van der Waals surface area contributed by atoms with E-state index in [0.29, 0.717) is 12.8 Å². The third-order valence-corrected chi connectivity index (χ3v) is 7.03. The zero-order chi connectivity index (χ0) is 20.1. The van der Waals surface area contributed by atoms with Crippen LogP contribution in [0.3, 0.4) is 0 Å². The molecule has 2 aromatic rings. The molecule has 0 spiro atoms. The maximum absolute atomic E-state index is 11.6. The molecule has 152 valence electrons. The Labute approximate surface area is 170 Å². The van der Waals surface area contributed by atoms with Gasteiger partial charge in [-0.25, -0.2) is 4.99 Å². The van der Waals surface area contributed by atoms with Crippen LogP contribution in [-0.4, -0.2) is 42.2 Å². The Kier molecular flexibility index (Phi) is 4.59. The minimum absolute atomic E-state index is 0.0598. The van der Waals surface area contributed by atoms with Crippen molar-refractivity contribution in [2.45, 2.75) is 43.1 Å². The minimum Gasteiger partial charge on any atom is -0.396 e. The van der Waals surface area contributed by atoms with Crippen LogP contribution < -0.4 is 15.9 Å². The second kappa shape index (κ2) is 7.03. The number of ether oxygens (including phenoxy) is 1. The first kappa shape index (κ1) is 18.9. The highest BCUT2D eigenvalue weighted by atomic mass is 16.5. The van der Waals surface area contributed by atoms with Crippen molar-refractivity contribution in [3.8, 4) is 0 Å². The molecule has 1 saturated heterocycles. The Morgan fingerprint density at radius 1 is 1.17 bits per heavy atom. The first-order valence-electron chi connectivity index (χ1n) is 10.5. The average molecular weight is 392 g/mol. The maximum atomic E-state index is 11.6. The average Bonchev–Trinajstić information content (AvgIpc) is 3.06. The van der Waals surface area contributed by atoms with Crippen LogP contribution in [0.25, 0.3) is 5.57 Å². The van der Waals surface area contributed by atoms with Crippen LogP contribution in [0, 0.1) is 5.92 Å². The minimum atomic E-state index is -1.18. The molecule has 5 rings (SSSR count). The van der Waals surface area contributed by atoms with Crippen LogP contribution in [0.4, 0.5) is 0 Å². The summed E-state index contributed by atoms with van der Waals surface area (Å²) in [7, 11) is 1.76. The fraction of sp³-hybridized carbons (Fsp3) is 0.458. The van der Waals surface area contributed by atoms with E-state index < -0.39 is 11.3 Å². The Bertz CT molecular complexity index is 1040. The van der Waals surface area contributed by atoms with Crippen LogP contribution in [0.5, 0.6) is 0 Å². The molecule has 2 heterocycles. The number of aliphatic hydroxyl groups is 2. The smallest absolute Gasteiger partial charge is 0.180 e. The van der Waals surface area contributed by atoms with Crippen molar-refractivity contribution in [3.05, 3.63) is 70.2 Å². The van der Waals surface area contributed by atoms with E-state index in [-0.39, 0.29) is 18.6 Å². The molecule has 1 unspecified atom stereocenters. The summed E-state index contributed by atoms with van der Waals surface area (Å²) in [6.07, 6.45) is 2.80. The van der Waals surface area contributed by atoms with Crippen LogP contribution in [0.15, 0.2) is 53.5 Å². The van der Waals surface area contributed by atoms with Gasteiger partial charge in [0, 0.05) is 37.9 Å². The van der Waals surface area contributed by atoms with E-state index in [1.54, 1.807) is 7.11 Å². The van der Waals surface area contributed by atoms with Crippen molar-refractivity contribution in [2.24, 2.45) is 10.9 Å². The third-order valence-electron chi connectivity index (χ3n) is 7.03. The molecule has 3 N–H and O–H groups in total. The van der Waals surface area contributed by atoms with Gasteiger partial charge in [-0.15, -0.1) is 0 Å². The Morgan fingerprint density at radius 3 is 2.76 bits per heavy atom. The molecule has 5 heteroatoms. The maximum Gasteiger partial charge on any atom is 0.180 e. The standard InChI is InChI=1S/C24H28N2O3/c1-29-23-13-17(15-27)14-25-21(23)12-19-22-18(23)8-5-9-20(22)26-24(19,28)11-10-16-6-3-2-4-7-16/h2-9,17,21,25,27-28H,10-15H2,1H3/t17-,21-,23+,24?/m1/s1. The number of methoxy groups -OCH3 is 1. The van der Waals surface area contributed by atoms with Crippen LogP contribution in [-0.2, 0) is 16.8 Å². The molecule has 0 amide bonds. The SMILES string of the molecule is CO[C@]12C[C@@H](CO)CN[C@@H]1CC1=c3c2cccc3=NC1(O)CCc1ccccc1. The Balaban J connectivity index is 1.59. The van der Waals surface area contributed by atoms with Crippen molar-refractivity contribution < 1.29 is 14.9 Å². The molecule has 0 aromatic heterocycles. The molecule has 0 radical (unpaired) electrons. The molecule has 3 aliphatic rings. The quantitative estimate of drug-likeness (QED) is 0.710. The number of nitrogens with zero attached hydrogens (tertiary/aromatic N) is 1. The summed E-state index contributed by atoms with van der Waals surface area (Å²) in [5.74, 6) is 0.152. The van der Waals surface area contributed by atoms with E-state index >= 15 is 0 Å². The van der Waals surface area contributed by atoms with E-state index in [1.165, 1.54) is 5.56 Å². The number of benzene rings is 2. The Morgan fingerprint density at radius 2 is 2.00 bits per heavy atom. The summed E-state index contributed by atoms with van der Waals surface area (Å²) in [6.45, 7) is 0.899. The molecule has 0 saturated carbocycles. The lowest BCUT2D eigenvalue weighted by molar-refractivity contribution is -0.0904. The zero-order valence-electron chi connectivity index (χ0n) is 16.8. The molecule has 0 bridgehead atoms. The number of piperidine rings is 1. The molecule has 5 nitrogen and oxygen atoms in total. The van der Waals surface area contributed by atoms with Gasteiger partial charge in [-0.2, -0.15) is 0 Å². The van der Waals surface area contributed by atoms with E-state index in [0.717, 1.165) is 41.1 Å². The largest absolute Gasteiger partial charge is 0.396 e. The fourth-order valence-electron chi connectivity index (χ4n) is 5.53. The van der Waals surface area contributed by atoms with Crippen molar-refractivity contribution in [1.82, 2.24) is 5.32 Å². The Hall–Kier alpha value is -2.05. The summed E-state index contributed by atoms with van der Waals surface area (Å²) in [5, 5.41) is 26.9. The number of rotatable bonds is 5. The van der Waals surface area contributed by atoms with E-state index in [9.17, 15) is 10.2 Å². The molecule has 4 atom stereocenters. The first-order chi connectivity index (χ1) is 14.1. The predicted octanol–water partition coefficient (Wildman–Crippen LogP) is 1.01. The lowest BCUT2D eigenvalue weighted by Gasteiger charge is -2.49. The highest BCUT2D eigenvalue weighted by Gasteiger charge is 2.52. The van der Waals surface area contributed by atoms with Gasteiger partial charge >= 0.3 is 0 Å². The predicted molar refractivity (Wildman–Crippen MR) is 111 cm³/mol. The number of nitrogens with one attached hydrogen (secondary N) is 1. The highest BCUT2D eigenvalue weighted by molar-refractivity contribution is 5.62. The third kappa shape index (κ3) is 2.88. The van der Waals surface area contributed by atoms with Gasteiger partial charge in [0.15, 0.2) is 5.72 Å². The molecule has 2 aliphatic heterocycles. The fourth-order valence-corrected chi connectivity index (χ4v) is 5.53. The monoisotopic (exact) mass is 392 g/mol. The van der Waals surface area contributed by atoms with Crippen LogP contribution in [0.2, 0.25) is 0 Å². The first-order valence-corrected chi connectivity index (χ1v) is 10.5. The number of aliphatic hydroxyl groups excluding tert-OH is 1. The summed E-state index contributed by atoms with van der Waals surface area (Å²) in [6, 6.07) is 16.4. The number of hydrogen-bond donors (Lipinski definition) is 3. The lowest BCUT2D eigenvalue weighted by atomic mass is 9.68. The van der Waals surface area contributed by atoms with E-state index in [4.69, 9.17) is 9.73 Å². The lowest BCUT2D eigenvalue weighted by Crippen LogP contribution is -2.62. The second-order valence-corrected chi connectivity index (χ2v) is 8.60. The van der Waals surface area contributed by atoms with Gasteiger partial charge in [0.1, 0.15) is 5.60 Å². The second-order valence-electron chi connectivity index (χ2n) is 8.60. The molecule has 2 aromatic carbocycles. The molecule has 1 fully saturated rings. The molecule has 29 heavy (non-hydrogen) atoms. The van der Waals surface area contributed by atoms with Gasteiger partial charge in [-0.1, -0.05) is 42.5 Å². The van der Waals surface area contributed by atoms with E-state index in [2.05, 4.69) is 23.5 Å². The van der Waals surface area contributed by atoms with Crippen molar-refractivity contribution in [3.63, 3.8) is 0 Å². The van der Waals surface area contributed by atoms with Gasteiger partial charge in [-0.05, 0) is 47.9 Å². The summed E-state index contributed by atoms with van der Waals surface area (Å²) in [5.41, 5.74) is 1.63. The van der Waals surface area contributed by atoms with Crippen molar-refractivity contribution >= 4 is 5.57 Å². The van der Waals surface area contributed by atoms with Gasteiger partial charge in [0.05, 0.1) is 5.36 Å². The zero-order valence-corrected chi connectivity index (χ0v) is 16.8. The topological polar surface area (TPSA) is 74.1 Å². The van der Waals surface area contributed by atoms with Gasteiger partial charge in [0.25, 0.3) is 0 Å². The highest BCUT2D eigenvalue weighted by Crippen LogP contribution is 2.45. The van der Waals surface area contributed by atoms with E-state index in [1.807, 2.05) is 30.3 Å². The van der Waals surface area contributed by atoms with Gasteiger partial charge in [0.2, 0.25) is 0 Å².